The molecule has 0 radical (unpaired) electrons. The molecule has 0 unspecified atom stereocenters. The zero-order chi connectivity index (χ0) is 13.8. The number of aromatic nitrogens is 2. The van der Waals surface area contributed by atoms with E-state index in [2.05, 4.69) is 48.2 Å². The van der Waals surface area contributed by atoms with Gasteiger partial charge in [-0.3, -0.25) is 0 Å². The SMILES string of the molecule is CNCCc1nccc(-c2cc(C)c(C)cc2C)n1. The summed E-state index contributed by atoms with van der Waals surface area (Å²) in [6.45, 7) is 7.32. The van der Waals surface area contributed by atoms with Crippen LogP contribution in [0.2, 0.25) is 0 Å². The number of nitrogens with one attached hydrogen (secondary N) is 1. The summed E-state index contributed by atoms with van der Waals surface area (Å²) in [6.07, 6.45) is 2.70. The third-order valence-electron chi connectivity index (χ3n) is 3.42. The van der Waals surface area contributed by atoms with Gasteiger partial charge in [0.15, 0.2) is 0 Å². The molecule has 2 aromatic rings. The van der Waals surface area contributed by atoms with Gasteiger partial charge in [0.2, 0.25) is 0 Å². The van der Waals surface area contributed by atoms with Crippen LogP contribution in [0.1, 0.15) is 22.5 Å². The van der Waals surface area contributed by atoms with Crippen LogP contribution in [0.25, 0.3) is 11.3 Å². The van der Waals surface area contributed by atoms with Crippen LogP contribution in [0.3, 0.4) is 0 Å². The molecular weight excluding hydrogens is 234 g/mol. The summed E-state index contributed by atoms with van der Waals surface area (Å²) in [7, 11) is 1.94. The molecule has 0 aliphatic carbocycles. The summed E-state index contributed by atoms with van der Waals surface area (Å²) >= 11 is 0. The van der Waals surface area contributed by atoms with Crippen LogP contribution in [-0.4, -0.2) is 23.6 Å². The zero-order valence-corrected chi connectivity index (χ0v) is 12.1. The van der Waals surface area contributed by atoms with Crippen LogP contribution in [0.5, 0.6) is 0 Å². The number of rotatable bonds is 4. The standard InChI is InChI=1S/C16H21N3/c1-11-9-13(3)14(10-12(11)2)15-5-8-18-16(19-15)6-7-17-4/h5,8-10,17H,6-7H2,1-4H3. The summed E-state index contributed by atoms with van der Waals surface area (Å²) in [5.41, 5.74) is 6.11. The lowest BCUT2D eigenvalue weighted by atomic mass is 9.98. The molecule has 100 valence electrons. The fourth-order valence-electron chi connectivity index (χ4n) is 2.14. The highest BCUT2D eigenvalue weighted by atomic mass is 14.9. The Hall–Kier alpha value is -1.74. The average molecular weight is 255 g/mol. The van der Waals surface area contributed by atoms with Gasteiger partial charge in [0.25, 0.3) is 0 Å². The van der Waals surface area contributed by atoms with Crippen LogP contribution in [-0.2, 0) is 6.42 Å². The smallest absolute Gasteiger partial charge is 0.130 e. The van der Waals surface area contributed by atoms with Crippen molar-refractivity contribution in [2.75, 3.05) is 13.6 Å². The van der Waals surface area contributed by atoms with E-state index < -0.39 is 0 Å². The molecule has 0 atom stereocenters. The van der Waals surface area contributed by atoms with Crippen molar-refractivity contribution in [2.24, 2.45) is 0 Å². The van der Waals surface area contributed by atoms with Crippen molar-refractivity contribution in [3.05, 3.63) is 46.9 Å². The third kappa shape index (κ3) is 3.18. The number of nitrogens with zero attached hydrogens (tertiary/aromatic N) is 2. The van der Waals surface area contributed by atoms with Crippen molar-refractivity contribution in [2.45, 2.75) is 27.2 Å². The summed E-state index contributed by atoms with van der Waals surface area (Å²) in [5, 5.41) is 3.12. The van der Waals surface area contributed by atoms with Crippen molar-refractivity contribution in [3.8, 4) is 11.3 Å². The maximum Gasteiger partial charge on any atom is 0.130 e. The zero-order valence-electron chi connectivity index (χ0n) is 12.1. The van der Waals surface area contributed by atoms with Crippen LogP contribution >= 0.6 is 0 Å². The summed E-state index contributed by atoms with van der Waals surface area (Å²) in [5.74, 6) is 0.893. The first-order valence-electron chi connectivity index (χ1n) is 6.66. The Morgan fingerprint density at radius 2 is 1.79 bits per heavy atom. The predicted molar refractivity (Wildman–Crippen MR) is 79.3 cm³/mol. The van der Waals surface area contributed by atoms with E-state index in [1.165, 1.54) is 22.3 Å². The highest BCUT2D eigenvalue weighted by Crippen LogP contribution is 2.24. The van der Waals surface area contributed by atoms with Gasteiger partial charge in [-0.1, -0.05) is 6.07 Å². The molecule has 0 bridgehead atoms. The van der Waals surface area contributed by atoms with E-state index in [9.17, 15) is 0 Å². The van der Waals surface area contributed by atoms with Crippen molar-refractivity contribution in [1.29, 1.82) is 0 Å². The first-order chi connectivity index (χ1) is 9.11. The first-order valence-corrected chi connectivity index (χ1v) is 6.66. The number of aryl methyl sites for hydroxylation is 3. The minimum atomic E-state index is 0.855. The van der Waals surface area contributed by atoms with Crippen molar-refractivity contribution < 1.29 is 0 Å². The second kappa shape index (κ2) is 5.93. The minimum Gasteiger partial charge on any atom is -0.319 e. The maximum atomic E-state index is 4.66. The fourth-order valence-corrected chi connectivity index (χ4v) is 2.14. The van der Waals surface area contributed by atoms with Gasteiger partial charge in [0, 0.05) is 24.7 Å². The Morgan fingerprint density at radius 1 is 1.05 bits per heavy atom. The van der Waals surface area contributed by atoms with E-state index in [0.717, 1.165) is 24.5 Å². The topological polar surface area (TPSA) is 37.8 Å². The minimum absolute atomic E-state index is 0.855. The van der Waals surface area contributed by atoms with Gasteiger partial charge in [-0.2, -0.15) is 0 Å². The Bertz CT molecular complexity index is 576. The van der Waals surface area contributed by atoms with Gasteiger partial charge < -0.3 is 5.32 Å². The van der Waals surface area contributed by atoms with Crippen LogP contribution in [0, 0.1) is 20.8 Å². The third-order valence-corrected chi connectivity index (χ3v) is 3.42. The van der Waals surface area contributed by atoms with Gasteiger partial charge in [0.05, 0.1) is 5.69 Å². The number of benzene rings is 1. The van der Waals surface area contributed by atoms with Gasteiger partial charge in [-0.05, 0) is 56.6 Å². The largest absolute Gasteiger partial charge is 0.319 e. The molecule has 0 spiro atoms. The van der Waals surface area contributed by atoms with Crippen molar-refractivity contribution in [1.82, 2.24) is 15.3 Å². The maximum absolute atomic E-state index is 4.66. The Morgan fingerprint density at radius 3 is 2.53 bits per heavy atom. The van der Waals surface area contributed by atoms with E-state index in [0.29, 0.717) is 0 Å². The highest BCUT2D eigenvalue weighted by molar-refractivity contribution is 5.65. The molecule has 3 heteroatoms. The monoisotopic (exact) mass is 255 g/mol. The molecule has 0 aliphatic heterocycles. The molecule has 0 amide bonds. The molecule has 19 heavy (non-hydrogen) atoms. The van der Waals surface area contributed by atoms with E-state index in [4.69, 9.17) is 0 Å². The first kappa shape index (κ1) is 13.7. The fraction of sp³-hybridized carbons (Fsp3) is 0.375. The lowest BCUT2D eigenvalue weighted by Gasteiger charge is -2.10. The second-order valence-electron chi connectivity index (χ2n) is 4.96. The quantitative estimate of drug-likeness (QED) is 0.913. The molecule has 1 heterocycles. The number of hydrogen-bond donors (Lipinski definition) is 1. The van der Waals surface area contributed by atoms with E-state index in [1.54, 1.807) is 0 Å². The van der Waals surface area contributed by atoms with Crippen molar-refractivity contribution in [3.63, 3.8) is 0 Å². The van der Waals surface area contributed by atoms with Gasteiger partial charge in [0.1, 0.15) is 5.82 Å². The van der Waals surface area contributed by atoms with E-state index in [-0.39, 0.29) is 0 Å². The van der Waals surface area contributed by atoms with Gasteiger partial charge in [-0.15, -0.1) is 0 Å². The number of likely N-dealkylation sites (N-methyl/N-ethyl adjacent to an activating group) is 1. The molecule has 3 nitrogen and oxygen atoms in total. The van der Waals surface area contributed by atoms with E-state index >= 15 is 0 Å². The molecule has 0 saturated carbocycles. The van der Waals surface area contributed by atoms with Crippen LogP contribution in [0.15, 0.2) is 24.4 Å². The molecule has 1 aromatic heterocycles. The predicted octanol–water partition coefficient (Wildman–Crippen LogP) is 2.83. The van der Waals surface area contributed by atoms with Gasteiger partial charge >= 0.3 is 0 Å². The van der Waals surface area contributed by atoms with Crippen LogP contribution < -0.4 is 5.32 Å². The van der Waals surface area contributed by atoms with Crippen LogP contribution in [0.4, 0.5) is 0 Å². The molecule has 0 fully saturated rings. The Balaban J connectivity index is 2.38. The molecule has 1 N–H and O–H groups in total. The molecule has 0 saturated heterocycles. The normalized spacial score (nSPS) is 10.7. The lowest BCUT2D eigenvalue weighted by Crippen LogP contribution is -2.12. The molecule has 1 aromatic carbocycles. The van der Waals surface area contributed by atoms with E-state index in [1.807, 2.05) is 19.3 Å². The van der Waals surface area contributed by atoms with Crippen molar-refractivity contribution >= 4 is 0 Å². The number of hydrogen-bond acceptors (Lipinski definition) is 3. The molecule has 0 aliphatic rings. The summed E-state index contributed by atoms with van der Waals surface area (Å²) in [6, 6.07) is 6.43. The average Bonchev–Trinajstić information content (AvgIpc) is 2.41. The Labute approximate surface area is 115 Å². The highest BCUT2D eigenvalue weighted by Gasteiger charge is 2.07. The van der Waals surface area contributed by atoms with Gasteiger partial charge in [-0.25, -0.2) is 9.97 Å². The lowest BCUT2D eigenvalue weighted by molar-refractivity contribution is 0.756. The second-order valence-corrected chi connectivity index (χ2v) is 4.96. The summed E-state index contributed by atoms with van der Waals surface area (Å²) < 4.78 is 0. The summed E-state index contributed by atoms with van der Waals surface area (Å²) in [4.78, 5) is 8.98. The molecular formula is C16H21N3. The Kier molecular flexibility index (Phi) is 4.27. The molecule has 2 rings (SSSR count).